The number of nitro groups is 1. The number of alkyl halides is 1. The first-order chi connectivity index (χ1) is 16.4. The van der Waals surface area contributed by atoms with Gasteiger partial charge in [0.15, 0.2) is 5.76 Å². The number of carbonyl (C=O) groups excluding carboxylic acids is 2. The zero-order valence-corrected chi connectivity index (χ0v) is 21.4. The standard InChI is InChI=1S/C24H22Cl2N2O6S/c1-24(2,3)22(30)21(34-17-10-6-15(25)7-11-17)20(27-18(26)12-19(27)29)23(35)33-13-14-4-8-16(9-5-14)28(31)32/h4-11,18H,12-13H2,1-3H3. The number of thiocarbonyl (C=S) groups is 1. The third-order valence-corrected chi connectivity index (χ3v) is 5.89. The molecule has 35 heavy (non-hydrogen) atoms. The lowest BCUT2D eigenvalue weighted by Gasteiger charge is -2.38. The van der Waals surface area contributed by atoms with Gasteiger partial charge in [-0.05, 0) is 54.2 Å². The Hall–Kier alpha value is -3.01. The van der Waals surface area contributed by atoms with Gasteiger partial charge in [0.2, 0.25) is 16.7 Å². The molecule has 1 fully saturated rings. The molecule has 1 aliphatic heterocycles. The number of nitro benzene ring substituents is 1. The number of likely N-dealkylation sites (tertiary alicyclic amines) is 1. The highest BCUT2D eigenvalue weighted by molar-refractivity contribution is 7.80. The number of Topliss-reactive ketones (excluding diaryl/α,β-unsaturated/α-hetero) is 1. The summed E-state index contributed by atoms with van der Waals surface area (Å²) in [4.78, 5) is 37.5. The van der Waals surface area contributed by atoms with Crippen LogP contribution in [0.25, 0.3) is 0 Å². The number of hydrogen-bond donors (Lipinski definition) is 0. The van der Waals surface area contributed by atoms with Gasteiger partial charge < -0.3 is 9.47 Å². The molecule has 1 amide bonds. The summed E-state index contributed by atoms with van der Waals surface area (Å²) >= 11 is 17.8. The van der Waals surface area contributed by atoms with Crippen LogP contribution in [-0.4, -0.2) is 32.1 Å². The summed E-state index contributed by atoms with van der Waals surface area (Å²) in [6.45, 7) is 5.05. The van der Waals surface area contributed by atoms with Gasteiger partial charge >= 0.3 is 0 Å². The van der Waals surface area contributed by atoms with Crippen molar-refractivity contribution < 1.29 is 24.0 Å². The quantitative estimate of drug-likeness (QED) is 0.0614. The van der Waals surface area contributed by atoms with Gasteiger partial charge in [-0.1, -0.05) is 44.0 Å². The molecular weight excluding hydrogens is 515 g/mol. The molecule has 0 aromatic heterocycles. The molecule has 0 saturated carbocycles. The Morgan fingerprint density at radius 3 is 2.26 bits per heavy atom. The number of amides is 1. The van der Waals surface area contributed by atoms with Crippen molar-refractivity contribution in [3.8, 4) is 5.75 Å². The Bertz CT molecular complexity index is 1190. The number of β-lactam (4-membered cyclic amide) rings is 1. The number of non-ortho nitro benzene ring substituents is 1. The van der Waals surface area contributed by atoms with Crippen LogP contribution >= 0.6 is 35.4 Å². The fraction of sp³-hybridized carbons (Fsp3) is 0.292. The van der Waals surface area contributed by atoms with Crippen LogP contribution < -0.4 is 4.74 Å². The highest BCUT2D eigenvalue weighted by Crippen LogP contribution is 2.34. The summed E-state index contributed by atoms with van der Waals surface area (Å²) < 4.78 is 11.7. The van der Waals surface area contributed by atoms with Gasteiger partial charge in [0.25, 0.3) is 5.69 Å². The van der Waals surface area contributed by atoms with E-state index in [4.69, 9.17) is 44.9 Å². The normalized spacial score (nSPS) is 16.2. The lowest BCUT2D eigenvalue weighted by Crippen LogP contribution is -2.51. The molecule has 1 unspecified atom stereocenters. The van der Waals surface area contributed by atoms with Crippen LogP contribution in [0, 0.1) is 15.5 Å². The maximum atomic E-state index is 13.4. The van der Waals surface area contributed by atoms with Crippen LogP contribution in [0.4, 0.5) is 5.69 Å². The Kier molecular flexibility index (Phi) is 8.15. The zero-order valence-electron chi connectivity index (χ0n) is 19.1. The van der Waals surface area contributed by atoms with Crippen molar-refractivity contribution in [3.05, 3.63) is 80.7 Å². The molecule has 1 saturated heterocycles. The molecule has 2 aromatic rings. The molecule has 1 atom stereocenters. The molecule has 0 bridgehead atoms. The smallest absolute Gasteiger partial charge is 0.269 e. The van der Waals surface area contributed by atoms with Gasteiger partial charge in [-0.3, -0.25) is 24.6 Å². The molecule has 0 spiro atoms. The fourth-order valence-corrected chi connectivity index (χ4v) is 3.75. The third kappa shape index (κ3) is 6.36. The van der Waals surface area contributed by atoms with Gasteiger partial charge in [-0.25, -0.2) is 0 Å². The van der Waals surface area contributed by atoms with Crippen LogP contribution in [-0.2, 0) is 20.9 Å². The van der Waals surface area contributed by atoms with Crippen molar-refractivity contribution in [2.24, 2.45) is 5.41 Å². The number of hydrogen-bond acceptors (Lipinski definition) is 7. The first kappa shape index (κ1) is 26.6. The molecule has 0 aliphatic carbocycles. The summed E-state index contributed by atoms with van der Waals surface area (Å²) in [5, 5.41) is 11.2. The highest BCUT2D eigenvalue weighted by Gasteiger charge is 2.43. The molecule has 8 nitrogen and oxygen atoms in total. The molecule has 0 N–H and O–H groups in total. The van der Waals surface area contributed by atoms with Crippen LogP contribution in [0.2, 0.25) is 5.02 Å². The molecule has 184 valence electrons. The second kappa shape index (κ2) is 10.7. The number of ether oxygens (including phenoxy) is 2. The summed E-state index contributed by atoms with van der Waals surface area (Å²) in [6.07, 6.45) is 0.0634. The Labute approximate surface area is 217 Å². The highest BCUT2D eigenvalue weighted by atomic mass is 35.5. The first-order valence-corrected chi connectivity index (χ1v) is 11.7. The Morgan fingerprint density at radius 1 is 1.17 bits per heavy atom. The summed E-state index contributed by atoms with van der Waals surface area (Å²) in [7, 11) is 0. The molecule has 3 rings (SSSR count). The van der Waals surface area contributed by atoms with Gasteiger partial charge in [0, 0.05) is 22.6 Å². The van der Waals surface area contributed by atoms with Gasteiger partial charge in [-0.2, -0.15) is 0 Å². The number of allylic oxidation sites excluding steroid dienone is 1. The van der Waals surface area contributed by atoms with Crippen molar-refractivity contribution in [1.29, 1.82) is 0 Å². The fourth-order valence-electron chi connectivity index (χ4n) is 3.04. The van der Waals surface area contributed by atoms with Crippen molar-refractivity contribution in [2.75, 3.05) is 0 Å². The van der Waals surface area contributed by atoms with Gasteiger partial charge in [0.1, 0.15) is 23.6 Å². The maximum Gasteiger partial charge on any atom is 0.269 e. The Morgan fingerprint density at radius 2 is 1.77 bits per heavy atom. The van der Waals surface area contributed by atoms with E-state index in [0.717, 1.165) is 0 Å². The molecule has 2 aromatic carbocycles. The zero-order chi connectivity index (χ0) is 25.9. The lowest BCUT2D eigenvalue weighted by atomic mass is 9.88. The third-order valence-electron chi connectivity index (χ3n) is 4.98. The summed E-state index contributed by atoms with van der Waals surface area (Å²) in [5.41, 5.74) is -1.15. The van der Waals surface area contributed by atoms with E-state index in [1.807, 2.05) is 0 Å². The minimum absolute atomic E-state index is 0.0481. The van der Waals surface area contributed by atoms with Crippen molar-refractivity contribution in [3.63, 3.8) is 0 Å². The predicted molar refractivity (Wildman–Crippen MR) is 135 cm³/mol. The average Bonchev–Trinajstić information content (AvgIpc) is 2.80. The first-order valence-electron chi connectivity index (χ1n) is 10.5. The van der Waals surface area contributed by atoms with Crippen LogP contribution in [0.3, 0.4) is 0 Å². The number of benzene rings is 2. The van der Waals surface area contributed by atoms with Crippen LogP contribution in [0.15, 0.2) is 60.0 Å². The van der Waals surface area contributed by atoms with E-state index in [0.29, 0.717) is 16.3 Å². The number of rotatable bonds is 8. The van der Waals surface area contributed by atoms with Gasteiger partial charge in [-0.15, -0.1) is 0 Å². The Balaban J connectivity index is 2.01. The van der Waals surface area contributed by atoms with E-state index in [9.17, 15) is 19.7 Å². The number of halogens is 2. The molecule has 1 heterocycles. The molecule has 11 heteroatoms. The second-order valence-electron chi connectivity index (χ2n) is 8.71. The van der Waals surface area contributed by atoms with E-state index < -0.39 is 21.6 Å². The van der Waals surface area contributed by atoms with E-state index in [-0.39, 0.29) is 41.1 Å². The average molecular weight is 537 g/mol. The predicted octanol–water partition coefficient (Wildman–Crippen LogP) is 5.80. The topological polar surface area (TPSA) is 99.0 Å². The molecule has 1 aliphatic rings. The summed E-state index contributed by atoms with van der Waals surface area (Å²) in [6, 6.07) is 12.1. The SMILES string of the molecule is CC(C)(C)C(=O)C(Oc1ccc(Cl)cc1)=C(C(=S)OCc1ccc([N+](=O)[O-])cc1)N1C(=O)CC1Cl. The van der Waals surface area contributed by atoms with Gasteiger partial charge in [0.05, 0.1) is 11.3 Å². The minimum atomic E-state index is -0.892. The van der Waals surface area contributed by atoms with Crippen molar-refractivity contribution >= 4 is 57.8 Å². The van der Waals surface area contributed by atoms with Crippen LogP contribution in [0.5, 0.6) is 5.75 Å². The second-order valence-corrected chi connectivity index (χ2v) is 10.0. The van der Waals surface area contributed by atoms with Crippen molar-refractivity contribution in [2.45, 2.75) is 39.3 Å². The van der Waals surface area contributed by atoms with E-state index in [2.05, 4.69) is 0 Å². The monoisotopic (exact) mass is 536 g/mol. The summed E-state index contributed by atoms with van der Waals surface area (Å²) in [5.74, 6) is -0.656. The lowest BCUT2D eigenvalue weighted by molar-refractivity contribution is -0.384. The largest absolute Gasteiger partial charge is 0.477 e. The van der Waals surface area contributed by atoms with E-state index in [1.54, 1.807) is 45.0 Å². The molecular formula is C24H22Cl2N2O6S. The van der Waals surface area contributed by atoms with Crippen LogP contribution in [0.1, 0.15) is 32.8 Å². The maximum absolute atomic E-state index is 13.4. The minimum Gasteiger partial charge on any atom is -0.477 e. The van der Waals surface area contributed by atoms with E-state index in [1.165, 1.54) is 29.2 Å². The number of ketones is 1. The molecule has 0 radical (unpaired) electrons. The van der Waals surface area contributed by atoms with E-state index >= 15 is 0 Å². The number of nitrogens with zero attached hydrogens (tertiary/aromatic N) is 2. The van der Waals surface area contributed by atoms with Crippen molar-refractivity contribution in [1.82, 2.24) is 4.90 Å². The number of carbonyl (C=O) groups is 2.